The Hall–Kier alpha value is -1.88. The molecule has 114 valence electrons. The van der Waals surface area contributed by atoms with Crippen molar-refractivity contribution in [1.82, 2.24) is 5.43 Å². The first kappa shape index (κ1) is 17.2. The number of hydrogen-bond donors (Lipinski definition) is 1. The van der Waals surface area contributed by atoms with E-state index in [-0.39, 0.29) is 11.9 Å². The average molecular weight is 311 g/mol. The summed E-state index contributed by atoms with van der Waals surface area (Å²) in [7, 11) is 0. The van der Waals surface area contributed by atoms with Crippen LogP contribution in [0.4, 0.5) is 0 Å². The molecule has 1 aromatic rings. The van der Waals surface area contributed by atoms with Crippen LogP contribution >= 0.6 is 11.6 Å². The molecule has 1 atom stereocenters. The number of nitrogens with one attached hydrogen (secondary N) is 1. The molecule has 0 spiro atoms. The monoisotopic (exact) mass is 310 g/mol. The van der Waals surface area contributed by atoms with Gasteiger partial charge in [-0.3, -0.25) is 9.59 Å². The molecule has 0 radical (unpaired) electrons. The van der Waals surface area contributed by atoms with Gasteiger partial charge in [-0.2, -0.15) is 5.10 Å². The molecule has 0 aliphatic carbocycles. The van der Waals surface area contributed by atoms with Crippen molar-refractivity contribution >= 4 is 29.2 Å². The molecule has 5 nitrogen and oxygen atoms in total. The molecule has 0 saturated heterocycles. The van der Waals surface area contributed by atoms with Crippen molar-refractivity contribution in [3.05, 3.63) is 34.9 Å². The second-order valence-electron chi connectivity index (χ2n) is 4.41. The van der Waals surface area contributed by atoms with Gasteiger partial charge in [0.25, 0.3) is 5.91 Å². The third-order valence-corrected chi connectivity index (χ3v) is 3.18. The third kappa shape index (κ3) is 5.19. The highest BCUT2D eigenvalue weighted by Crippen LogP contribution is 2.10. The van der Waals surface area contributed by atoms with Crippen LogP contribution in [0, 0.1) is 5.92 Å². The van der Waals surface area contributed by atoms with Gasteiger partial charge in [-0.05, 0) is 44.5 Å². The molecule has 0 heterocycles. The van der Waals surface area contributed by atoms with E-state index in [9.17, 15) is 9.59 Å². The molecular weight excluding hydrogens is 292 g/mol. The van der Waals surface area contributed by atoms with E-state index in [4.69, 9.17) is 16.3 Å². The minimum Gasteiger partial charge on any atom is -0.465 e. The molecule has 1 amide bonds. The topological polar surface area (TPSA) is 67.8 Å². The smallest absolute Gasteiger partial charge is 0.314 e. The zero-order valence-corrected chi connectivity index (χ0v) is 13.1. The van der Waals surface area contributed by atoms with E-state index in [0.717, 1.165) is 0 Å². The summed E-state index contributed by atoms with van der Waals surface area (Å²) < 4.78 is 4.97. The van der Waals surface area contributed by atoms with Gasteiger partial charge >= 0.3 is 5.97 Å². The minimum absolute atomic E-state index is 0.319. The molecular formula is C15H19ClN2O3. The Labute approximate surface area is 129 Å². The quantitative estimate of drug-likeness (QED) is 0.499. The fourth-order valence-electron chi connectivity index (χ4n) is 1.76. The van der Waals surface area contributed by atoms with Crippen LogP contribution in [-0.2, 0) is 9.53 Å². The molecule has 0 aromatic heterocycles. The van der Waals surface area contributed by atoms with Gasteiger partial charge in [0.1, 0.15) is 0 Å². The summed E-state index contributed by atoms with van der Waals surface area (Å²) in [6, 6.07) is 6.46. The molecule has 0 fully saturated rings. The normalized spacial score (nSPS) is 12.7. The molecule has 6 heteroatoms. The van der Waals surface area contributed by atoms with Crippen molar-refractivity contribution in [3.63, 3.8) is 0 Å². The van der Waals surface area contributed by atoms with Crippen molar-refractivity contribution in [1.29, 1.82) is 0 Å². The molecule has 0 unspecified atom stereocenters. The number of carbonyl (C=O) groups is 2. The van der Waals surface area contributed by atoms with Crippen molar-refractivity contribution in [3.8, 4) is 0 Å². The van der Waals surface area contributed by atoms with Gasteiger partial charge in [-0.1, -0.05) is 18.5 Å². The SMILES string of the molecule is CCOC(=O)[C@H](CC)/C(C)=N\NC(=O)c1ccc(Cl)cc1. The van der Waals surface area contributed by atoms with Crippen LogP contribution in [0.25, 0.3) is 0 Å². The lowest BCUT2D eigenvalue weighted by molar-refractivity contribution is -0.145. The van der Waals surface area contributed by atoms with E-state index >= 15 is 0 Å². The highest BCUT2D eigenvalue weighted by Gasteiger charge is 2.21. The van der Waals surface area contributed by atoms with Crippen LogP contribution < -0.4 is 5.43 Å². The minimum atomic E-state index is -0.449. The van der Waals surface area contributed by atoms with Crippen molar-refractivity contribution < 1.29 is 14.3 Å². The first-order valence-electron chi connectivity index (χ1n) is 6.76. The van der Waals surface area contributed by atoms with Crippen molar-refractivity contribution in [2.75, 3.05) is 6.61 Å². The Balaban J connectivity index is 2.71. The van der Waals surface area contributed by atoms with E-state index in [1.54, 1.807) is 38.1 Å². The van der Waals surface area contributed by atoms with Gasteiger partial charge in [0.15, 0.2) is 0 Å². The second-order valence-corrected chi connectivity index (χ2v) is 4.85. The average Bonchev–Trinajstić information content (AvgIpc) is 2.46. The van der Waals surface area contributed by atoms with E-state index in [2.05, 4.69) is 10.5 Å². The Morgan fingerprint density at radius 3 is 2.43 bits per heavy atom. The number of hydrazone groups is 1. The number of esters is 1. The molecule has 1 N–H and O–H groups in total. The Morgan fingerprint density at radius 1 is 1.29 bits per heavy atom. The lowest BCUT2D eigenvalue weighted by Crippen LogP contribution is -2.27. The van der Waals surface area contributed by atoms with Crippen LogP contribution in [0.2, 0.25) is 5.02 Å². The molecule has 21 heavy (non-hydrogen) atoms. The largest absolute Gasteiger partial charge is 0.465 e. The molecule has 0 aliphatic rings. The summed E-state index contributed by atoms with van der Waals surface area (Å²) in [6.45, 7) is 5.62. The number of ether oxygens (including phenoxy) is 1. The van der Waals surface area contributed by atoms with Gasteiger partial charge in [-0.25, -0.2) is 5.43 Å². The molecule has 1 rings (SSSR count). The van der Waals surface area contributed by atoms with Gasteiger partial charge in [0, 0.05) is 16.3 Å². The highest BCUT2D eigenvalue weighted by atomic mass is 35.5. The summed E-state index contributed by atoms with van der Waals surface area (Å²) in [5.41, 5.74) is 3.38. The Morgan fingerprint density at radius 2 is 1.90 bits per heavy atom. The number of hydrogen-bond acceptors (Lipinski definition) is 4. The van der Waals surface area contributed by atoms with Crippen LogP contribution in [-0.4, -0.2) is 24.2 Å². The first-order valence-corrected chi connectivity index (χ1v) is 7.14. The lowest BCUT2D eigenvalue weighted by atomic mass is 10.0. The van der Waals surface area contributed by atoms with E-state index in [1.165, 1.54) is 0 Å². The van der Waals surface area contributed by atoms with Crippen LogP contribution in [0.5, 0.6) is 0 Å². The van der Waals surface area contributed by atoms with E-state index in [0.29, 0.717) is 29.3 Å². The number of nitrogens with zero attached hydrogens (tertiary/aromatic N) is 1. The maximum Gasteiger partial charge on any atom is 0.314 e. The Kier molecular flexibility index (Phi) is 6.88. The summed E-state index contributed by atoms with van der Waals surface area (Å²) in [6.07, 6.45) is 0.560. The lowest BCUT2D eigenvalue weighted by Gasteiger charge is -2.13. The zero-order chi connectivity index (χ0) is 15.8. The predicted molar refractivity (Wildman–Crippen MR) is 82.4 cm³/mol. The maximum absolute atomic E-state index is 11.9. The fourth-order valence-corrected chi connectivity index (χ4v) is 1.88. The van der Waals surface area contributed by atoms with Crippen molar-refractivity contribution in [2.45, 2.75) is 27.2 Å². The standard InChI is InChI=1S/C15H19ClN2O3/c1-4-13(15(20)21-5-2)10(3)17-18-14(19)11-6-8-12(16)9-7-11/h6-9,13H,4-5H2,1-3H3,(H,18,19)/b17-10-/t13-/m1/s1. The Bertz CT molecular complexity index is 526. The number of halogens is 1. The number of amides is 1. The summed E-state index contributed by atoms with van der Waals surface area (Å²) >= 11 is 5.76. The van der Waals surface area contributed by atoms with Gasteiger partial charge in [0.2, 0.25) is 0 Å². The second kappa shape index (κ2) is 8.42. The zero-order valence-electron chi connectivity index (χ0n) is 12.4. The molecule has 0 aliphatic heterocycles. The number of carbonyl (C=O) groups excluding carboxylic acids is 2. The molecule has 1 aromatic carbocycles. The first-order chi connectivity index (χ1) is 9.99. The van der Waals surface area contributed by atoms with E-state index < -0.39 is 5.92 Å². The molecule has 0 bridgehead atoms. The maximum atomic E-state index is 11.9. The van der Waals surface area contributed by atoms with Crippen molar-refractivity contribution in [2.24, 2.45) is 11.0 Å². The van der Waals surface area contributed by atoms with Gasteiger partial charge in [0.05, 0.1) is 12.5 Å². The number of rotatable bonds is 6. The van der Waals surface area contributed by atoms with Crippen LogP contribution in [0.1, 0.15) is 37.6 Å². The van der Waals surface area contributed by atoms with Gasteiger partial charge < -0.3 is 4.74 Å². The highest BCUT2D eigenvalue weighted by molar-refractivity contribution is 6.30. The van der Waals surface area contributed by atoms with Gasteiger partial charge in [-0.15, -0.1) is 0 Å². The van der Waals surface area contributed by atoms with E-state index in [1.807, 2.05) is 6.92 Å². The summed E-state index contributed by atoms with van der Waals surface area (Å²) in [5, 5.41) is 4.54. The van der Waals surface area contributed by atoms with Crippen LogP contribution in [0.15, 0.2) is 29.4 Å². The summed E-state index contributed by atoms with van der Waals surface area (Å²) in [5.74, 6) is -1.14. The fraction of sp³-hybridized carbons (Fsp3) is 0.400. The number of benzene rings is 1. The molecule has 0 saturated carbocycles. The summed E-state index contributed by atoms with van der Waals surface area (Å²) in [4.78, 5) is 23.6. The third-order valence-electron chi connectivity index (χ3n) is 2.92. The van der Waals surface area contributed by atoms with Crippen LogP contribution in [0.3, 0.4) is 0 Å². The predicted octanol–water partition coefficient (Wildman–Crippen LogP) is 3.04.